The Morgan fingerprint density at radius 2 is 1.88 bits per heavy atom. The van der Waals surface area contributed by atoms with Crippen LogP contribution in [-0.4, -0.2) is 23.0 Å². The minimum absolute atomic E-state index is 0.129. The van der Waals surface area contributed by atoms with E-state index in [-0.39, 0.29) is 17.6 Å². The first kappa shape index (κ1) is 17.5. The summed E-state index contributed by atoms with van der Waals surface area (Å²) in [7, 11) is 1.40. The number of amides is 1. The van der Waals surface area contributed by atoms with Crippen molar-refractivity contribution in [3.8, 4) is 17.0 Å². The molecule has 26 heavy (non-hydrogen) atoms. The molecule has 0 unspecified atom stereocenters. The SMILES string of the molecule is COc1cc(-c2cc(NC(=O)[C@H](C)c3ccccc3)ncn2)ccc1F. The lowest BCUT2D eigenvalue weighted by Crippen LogP contribution is -2.19. The van der Waals surface area contributed by atoms with E-state index in [4.69, 9.17) is 4.74 Å². The summed E-state index contributed by atoms with van der Waals surface area (Å²) in [5.74, 6) is -0.427. The second-order valence-corrected chi connectivity index (χ2v) is 5.76. The van der Waals surface area contributed by atoms with Crippen LogP contribution in [0.1, 0.15) is 18.4 Å². The van der Waals surface area contributed by atoms with E-state index in [0.29, 0.717) is 17.1 Å². The molecule has 1 N–H and O–H groups in total. The molecule has 1 amide bonds. The number of ether oxygens (including phenoxy) is 1. The fourth-order valence-electron chi connectivity index (χ4n) is 2.53. The largest absolute Gasteiger partial charge is 0.494 e. The molecular weight excluding hydrogens is 333 g/mol. The number of hydrogen-bond donors (Lipinski definition) is 1. The Balaban J connectivity index is 1.80. The van der Waals surface area contributed by atoms with Crippen molar-refractivity contribution in [3.05, 3.63) is 72.3 Å². The molecule has 0 aliphatic carbocycles. The Bertz CT molecular complexity index is 916. The van der Waals surface area contributed by atoms with Crippen LogP contribution >= 0.6 is 0 Å². The van der Waals surface area contributed by atoms with Gasteiger partial charge in [0.25, 0.3) is 0 Å². The van der Waals surface area contributed by atoms with Gasteiger partial charge in [-0.15, -0.1) is 0 Å². The summed E-state index contributed by atoms with van der Waals surface area (Å²) in [6.07, 6.45) is 1.36. The van der Waals surface area contributed by atoms with E-state index in [9.17, 15) is 9.18 Å². The third-order valence-corrected chi connectivity index (χ3v) is 4.06. The van der Waals surface area contributed by atoms with Crippen molar-refractivity contribution in [2.45, 2.75) is 12.8 Å². The summed E-state index contributed by atoms with van der Waals surface area (Å²) in [5, 5.41) is 2.79. The quantitative estimate of drug-likeness (QED) is 0.754. The van der Waals surface area contributed by atoms with E-state index in [1.807, 2.05) is 37.3 Å². The maximum absolute atomic E-state index is 13.6. The van der Waals surface area contributed by atoms with Gasteiger partial charge in [0.1, 0.15) is 12.1 Å². The first-order chi connectivity index (χ1) is 12.6. The summed E-state index contributed by atoms with van der Waals surface area (Å²) in [6, 6.07) is 15.6. The minimum atomic E-state index is -0.449. The Kier molecular flexibility index (Phi) is 5.22. The van der Waals surface area contributed by atoms with E-state index in [1.165, 1.54) is 19.5 Å². The van der Waals surface area contributed by atoms with Gasteiger partial charge in [-0.25, -0.2) is 14.4 Å². The van der Waals surface area contributed by atoms with Crippen molar-refractivity contribution in [2.75, 3.05) is 12.4 Å². The third kappa shape index (κ3) is 3.85. The number of nitrogens with one attached hydrogen (secondary N) is 1. The number of halogens is 1. The summed E-state index contributed by atoms with van der Waals surface area (Å²) in [6.45, 7) is 1.83. The van der Waals surface area contributed by atoms with Gasteiger partial charge in [-0.3, -0.25) is 4.79 Å². The van der Waals surface area contributed by atoms with Crippen molar-refractivity contribution >= 4 is 11.7 Å². The van der Waals surface area contributed by atoms with E-state index < -0.39 is 5.82 Å². The first-order valence-electron chi connectivity index (χ1n) is 8.10. The molecule has 3 rings (SSSR count). The maximum atomic E-state index is 13.6. The fourth-order valence-corrected chi connectivity index (χ4v) is 2.53. The van der Waals surface area contributed by atoms with Gasteiger partial charge in [0.15, 0.2) is 11.6 Å². The number of anilines is 1. The van der Waals surface area contributed by atoms with Crippen LogP contribution in [-0.2, 0) is 4.79 Å². The number of hydrogen-bond acceptors (Lipinski definition) is 4. The minimum Gasteiger partial charge on any atom is -0.494 e. The molecule has 6 heteroatoms. The molecule has 0 saturated carbocycles. The van der Waals surface area contributed by atoms with Crippen molar-refractivity contribution in [2.24, 2.45) is 0 Å². The van der Waals surface area contributed by atoms with Crippen molar-refractivity contribution < 1.29 is 13.9 Å². The summed E-state index contributed by atoms with van der Waals surface area (Å²) >= 11 is 0. The molecule has 0 aliphatic rings. The van der Waals surface area contributed by atoms with Crippen LogP contribution in [0.5, 0.6) is 5.75 Å². The van der Waals surface area contributed by atoms with Crippen LogP contribution in [0, 0.1) is 5.82 Å². The number of nitrogens with zero attached hydrogens (tertiary/aromatic N) is 2. The van der Waals surface area contributed by atoms with E-state index in [1.54, 1.807) is 18.2 Å². The average Bonchev–Trinajstić information content (AvgIpc) is 2.68. The van der Waals surface area contributed by atoms with Gasteiger partial charge in [0.05, 0.1) is 18.7 Å². The van der Waals surface area contributed by atoms with E-state index in [2.05, 4.69) is 15.3 Å². The molecule has 2 aromatic carbocycles. The zero-order chi connectivity index (χ0) is 18.5. The van der Waals surface area contributed by atoms with Gasteiger partial charge in [0, 0.05) is 11.6 Å². The number of carbonyl (C=O) groups excluding carboxylic acids is 1. The molecular formula is C20H18FN3O2. The molecule has 1 aromatic heterocycles. The smallest absolute Gasteiger partial charge is 0.232 e. The lowest BCUT2D eigenvalue weighted by Gasteiger charge is -2.12. The van der Waals surface area contributed by atoms with Crippen LogP contribution in [0.3, 0.4) is 0 Å². The zero-order valence-corrected chi connectivity index (χ0v) is 14.4. The number of rotatable bonds is 5. The lowest BCUT2D eigenvalue weighted by atomic mass is 10.0. The van der Waals surface area contributed by atoms with Gasteiger partial charge >= 0.3 is 0 Å². The van der Waals surface area contributed by atoms with Crippen LogP contribution < -0.4 is 10.1 Å². The third-order valence-electron chi connectivity index (χ3n) is 4.06. The van der Waals surface area contributed by atoms with Gasteiger partial charge in [-0.05, 0) is 30.7 Å². The second-order valence-electron chi connectivity index (χ2n) is 5.76. The van der Waals surface area contributed by atoms with Gasteiger partial charge in [-0.1, -0.05) is 30.3 Å². The normalized spacial score (nSPS) is 11.7. The summed E-state index contributed by atoms with van der Waals surface area (Å²) in [4.78, 5) is 20.7. The van der Waals surface area contributed by atoms with Crippen LogP contribution in [0.4, 0.5) is 10.2 Å². The molecule has 0 spiro atoms. The molecule has 0 aliphatic heterocycles. The van der Waals surface area contributed by atoms with Crippen molar-refractivity contribution in [3.63, 3.8) is 0 Å². The summed E-state index contributed by atoms with van der Waals surface area (Å²) < 4.78 is 18.6. The van der Waals surface area contributed by atoms with Crippen LogP contribution in [0.2, 0.25) is 0 Å². The highest BCUT2D eigenvalue weighted by molar-refractivity contribution is 5.95. The molecule has 0 bridgehead atoms. The maximum Gasteiger partial charge on any atom is 0.232 e. The highest BCUT2D eigenvalue weighted by Gasteiger charge is 2.16. The predicted molar refractivity (Wildman–Crippen MR) is 97.5 cm³/mol. The molecule has 0 fully saturated rings. The zero-order valence-electron chi connectivity index (χ0n) is 14.4. The number of aromatic nitrogens is 2. The van der Waals surface area contributed by atoms with Crippen LogP contribution in [0.25, 0.3) is 11.3 Å². The van der Waals surface area contributed by atoms with Crippen LogP contribution in [0.15, 0.2) is 60.9 Å². The number of benzene rings is 2. The number of carbonyl (C=O) groups is 1. The summed E-state index contributed by atoms with van der Waals surface area (Å²) in [5.41, 5.74) is 2.14. The molecule has 0 saturated heterocycles. The van der Waals surface area contributed by atoms with Gasteiger partial charge < -0.3 is 10.1 Å². The topological polar surface area (TPSA) is 64.1 Å². The van der Waals surface area contributed by atoms with Crippen molar-refractivity contribution in [1.29, 1.82) is 0 Å². The molecule has 0 radical (unpaired) electrons. The average molecular weight is 351 g/mol. The fraction of sp³-hybridized carbons (Fsp3) is 0.150. The van der Waals surface area contributed by atoms with E-state index in [0.717, 1.165) is 5.56 Å². The number of methoxy groups -OCH3 is 1. The Morgan fingerprint density at radius 1 is 1.12 bits per heavy atom. The molecule has 5 nitrogen and oxygen atoms in total. The highest BCUT2D eigenvalue weighted by Crippen LogP contribution is 2.26. The standard InChI is InChI=1S/C20H18FN3O2/c1-13(14-6-4-3-5-7-14)20(25)24-19-11-17(22-12-23-19)15-8-9-16(21)18(10-15)26-2/h3-13H,1-2H3,(H,22,23,24,25)/t13-/m1/s1. The molecule has 132 valence electrons. The van der Waals surface area contributed by atoms with E-state index >= 15 is 0 Å². The van der Waals surface area contributed by atoms with Gasteiger partial charge in [0.2, 0.25) is 5.91 Å². The molecule has 3 aromatic rings. The highest BCUT2D eigenvalue weighted by atomic mass is 19.1. The van der Waals surface area contributed by atoms with Crippen molar-refractivity contribution in [1.82, 2.24) is 9.97 Å². The Morgan fingerprint density at radius 3 is 2.62 bits per heavy atom. The first-order valence-corrected chi connectivity index (χ1v) is 8.10. The predicted octanol–water partition coefficient (Wildman–Crippen LogP) is 4.03. The lowest BCUT2D eigenvalue weighted by molar-refractivity contribution is -0.117. The Labute approximate surface area is 150 Å². The Hall–Kier alpha value is -3.28. The second kappa shape index (κ2) is 7.74. The monoisotopic (exact) mass is 351 g/mol. The molecule has 1 atom stereocenters. The van der Waals surface area contributed by atoms with Gasteiger partial charge in [-0.2, -0.15) is 0 Å². The molecule has 1 heterocycles.